The second kappa shape index (κ2) is 6.81. The van der Waals surface area contributed by atoms with Crippen LogP contribution in [0.2, 0.25) is 0 Å². The molecular weight excluding hydrogens is 231 g/mol. The molecule has 1 N–H and O–H groups in total. The molecule has 0 saturated carbocycles. The van der Waals surface area contributed by atoms with Gasteiger partial charge in [-0.1, -0.05) is 6.92 Å². The third-order valence-electron chi connectivity index (χ3n) is 2.82. The van der Waals surface area contributed by atoms with Crippen molar-refractivity contribution < 1.29 is 9.13 Å². The highest BCUT2D eigenvalue weighted by atomic mass is 19.1. The van der Waals surface area contributed by atoms with E-state index in [2.05, 4.69) is 17.2 Å². The Balaban J connectivity index is 2.60. The van der Waals surface area contributed by atoms with E-state index in [-0.39, 0.29) is 17.5 Å². The fraction of sp³-hybridized carbons (Fsp3) is 0.643. The summed E-state index contributed by atoms with van der Waals surface area (Å²) in [6.07, 6.45) is 2.16. The van der Waals surface area contributed by atoms with E-state index in [1.54, 1.807) is 6.07 Å². The van der Waals surface area contributed by atoms with Crippen molar-refractivity contribution in [3.63, 3.8) is 0 Å². The van der Waals surface area contributed by atoms with Crippen molar-refractivity contribution in [3.8, 4) is 0 Å². The van der Waals surface area contributed by atoms with E-state index in [4.69, 9.17) is 4.74 Å². The molecule has 0 spiro atoms. The smallest absolute Gasteiger partial charge is 0.141 e. The normalized spacial score (nSPS) is 13.6. The summed E-state index contributed by atoms with van der Waals surface area (Å²) in [5.74, 6) is -0.303. The minimum Gasteiger partial charge on any atom is -0.375 e. The Hall–Kier alpha value is -1.00. The Morgan fingerprint density at radius 2 is 2.11 bits per heavy atom. The number of aromatic nitrogens is 1. The zero-order valence-corrected chi connectivity index (χ0v) is 11.7. The summed E-state index contributed by atoms with van der Waals surface area (Å²) in [6, 6.07) is 3.30. The fourth-order valence-corrected chi connectivity index (χ4v) is 1.86. The third kappa shape index (κ3) is 4.70. The largest absolute Gasteiger partial charge is 0.375 e. The highest BCUT2D eigenvalue weighted by Crippen LogP contribution is 2.16. The van der Waals surface area contributed by atoms with Crippen LogP contribution < -0.4 is 5.32 Å². The zero-order valence-electron chi connectivity index (χ0n) is 11.7. The van der Waals surface area contributed by atoms with Gasteiger partial charge in [-0.2, -0.15) is 0 Å². The first kappa shape index (κ1) is 15.1. The predicted octanol–water partition coefficient (Wildman–Crippen LogP) is 3.08. The lowest BCUT2D eigenvalue weighted by molar-refractivity contribution is -0.0108. The van der Waals surface area contributed by atoms with Crippen molar-refractivity contribution in [3.05, 3.63) is 29.8 Å². The van der Waals surface area contributed by atoms with Crippen molar-refractivity contribution in [2.75, 3.05) is 13.2 Å². The third-order valence-corrected chi connectivity index (χ3v) is 2.82. The van der Waals surface area contributed by atoms with E-state index in [0.717, 1.165) is 18.7 Å². The van der Waals surface area contributed by atoms with Crippen LogP contribution in [0.15, 0.2) is 18.3 Å². The van der Waals surface area contributed by atoms with Gasteiger partial charge in [0.05, 0.1) is 17.5 Å². The summed E-state index contributed by atoms with van der Waals surface area (Å²) in [5.41, 5.74) is 0.661. The molecule has 1 aromatic heterocycles. The summed E-state index contributed by atoms with van der Waals surface area (Å²) < 4.78 is 18.5. The topological polar surface area (TPSA) is 34.1 Å². The van der Waals surface area contributed by atoms with Crippen molar-refractivity contribution in [2.24, 2.45) is 0 Å². The molecule has 4 heteroatoms. The number of halogens is 1. The van der Waals surface area contributed by atoms with E-state index >= 15 is 0 Å². The van der Waals surface area contributed by atoms with Crippen molar-refractivity contribution in [1.82, 2.24) is 10.3 Å². The monoisotopic (exact) mass is 254 g/mol. The lowest BCUT2D eigenvalue weighted by Crippen LogP contribution is -2.39. The van der Waals surface area contributed by atoms with Crippen LogP contribution in [0, 0.1) is 5.82 Å². The molecule has 0 aliphatic rings. The molecule has 0 bridgehead atoms. The van der Waals surface area contributed by atoms with Crippen LogP contribution in [0.4, 0.5) is 4.39 Å². The van der Waals surface area contributed by atoms with Gasteiger partial charge in [0.1, 0.15) is 5.82 Å². The van der Waals surface area contributed by atoms with Gasteiger partial charge in [-0.15, -0.1) is 0 Å². The first-order valence-corrected chi connectivity index (χ1v) is 6.47. The van der Waals surface area contributed by atoms with Gasteiger partial charge in [-0.05, 0) is 39.3 Å². The van der Waals surface area contributed by atoms with Gasteiger partial charge in [-0.3, -0.25) is 4.98 Å². The first-order chi connectivity index (χ1) is 8.48. The van der Waals surface area contributed by atoms with E-state index < -0.39 is 0 Å². The van der Waals surface area contributed by atoms with Gasteiger partial charge >= 0.3 is 0 Å². The highest BCUT2D eigenvalue weighted by molar-refractivity contribution is 5.09. The molecule has 1 unspecified atom stereocenters. The molecule has 1 aromatic rings. The molecule has 1 heterocycles. The molecule has 0 aliphatic carbocycles. The summed E-state index contributed by atoms with van der Waals surface area (Å²) in [7, 11) is 0. The summed E-state index contributed by atoms with van der Waals surface area (Å²) in [4.78, 5) is 4.12. The summed E-state index contributed by atoms with van der Waals surface area (Å²) in [6.45, 7) is 9.60. The molecule has 0 aliphatic heterocycles. The van der Waals surface area contributed by atoms with Crippen molar-refractivity contribution in [2.45, 2.75) is 45.8 Å². The van der Waals surface area contributed by atoms with E-state index in [0.29, 0.717) is 6.61 Å². The van der Waals surface area contributed by atoms with Crippen LogP contribution in [0.3, 0.4) is 0 Å². The number of nitrogens with zero attached hydrogens (tertiary/aromatic N) is 1. The van der Waals surface area contributed by atoms with Gasteiger partial charge in [0.25, 0.3) is 0 Å². The molecular formula is C14H23FN2O. The maximum absolute atomic E-state index is 12.8. The highest BCUT2D eigenvalue weighted by Gasteiger charge is 2.20. The fourth-order valence-electron chi connectivity index (χ4n) is 1.86. The molecule has 102 valence electrons. The van der Waals surface area contributed by atoms with E-state index in [9.17, 15) is 4.39 Å². The molecule has 18 heavy (non-hydrogen) atoms. The Morgan fingerprint density at radius 3 is 2.61 bits per heavy atom. The molecule has 1 atom stereocenters. The number of hydrogen-bond acceptors (Lipinski definition) is 3. The zero-order chi connectivity index (χ0) is 13.6. The van der Waals surface area contributed by atoms with Crippen LogP contribution in [-0.2, 0) is 4.74 Å². The Morgan fingerprint density at radius 1 is 1.39 bits per heavy atom. The van der Waals surface area contributed by atoms with Gasteiger partial charge in [-0.25, -0.2) is 4.39 Å². The maximum atomic E-state index is 12.8. The molecule has 3 nitrogen and oxygen atoms in total. The van der Waals surface area contributed by atoms with Gasteiger partial charge < -0.3 is 10.1 Å². The number of pyridine rings is 1. The van der Waals surface area contributed by atoms with Crippen LogP contribution in [-0.4, -0.2) is 23.7 Å². The standard InChI is InChI=1S/C14H23FN2O/c1-5-12(13-8-7-11(15)9-16-13)17-10-14(3,4)18-6-2/h7-9,12,17H,5-6,10H2,1-4H3. The minimum atomic E-state index is -0.303. The van der Waals surface area contributed by atoms with Crippen molar-refractivity contribution >= 4 is 0 Å². The SMILES string of the molecule is CCOC(C)(C)CNC(CC)c1ccc(F)cn1. The lowest BCUT2D eigenvalue weighted by atomic mass is 10.1. The number of nitrogens with one attached hydrogen (secondary N) is 1. The Kier molecular flexibility index (Phi) is 5.69. The van der Waals surface area contributed by atoms with E-state index in [1.165, 1.54) is 12.3 Å². The average molecular weight is 254 g/mol. The number of rotatable bonds is 7. The average Bonchev–Trinajstić information content (AvgIpc) is 2.32. The van der Waals surface area contributed by atoms with Gasteiger partial charge in [0.15, 0.2) is 0 Å². The van der Waals surface area contributed by atoms with E-state index in [1.807, 2.05) is 20.8 Å². The van der Waals surface area contributed by atoms with Gasteiger partial charge in [0.2, 0.25) is 0 Å². The minimum absolute atomic E-state index is 0.130. The van der Waals surface area contributed by atoms with Crippen LogP contribution in [0.25, 0.3) is 0 Å². The number of hydrogen-bond donors (Lipinski definition) is 1. The summed E-state index contributed by atoms with van der Waals surface area (Å²) >= 11 is 0. The quantitative estimate of drug-likeness (QED) is 0.812. The van der Waals surface area contributed by atoms with Crippen LogP contribution in [0.1, 0.15) is 45.9 Å². The second-order valence-corrected chi connectivity index (χ2v) is 4.94. The molecule has 0 aromatic carbocycles. The molecule has 0 fully saturated rings. The Labute approximate surface area is 109 Å². The second-order valence-electron chi connectivity index (χ2n) is 4.94. The summed E-state index contributed by atoms with van der Waals surface area (Å²) in [5, 5.41) is 3.42. The van der Waals surface area contributed by atoms with Gasteiger partial charge in [0, 0.05) is 19.2 Å². The lowest BCUT2D eigenvalue weighted by Gasteiger charge is -2.27. The molecule has 0 saturated heterocycles. The van der Waals surface area contributed by atoms with Crippen LogP contribution >= 0.6 is 0 Å². The molecule has 0 radical (unpaired) electrons. The number of ether oxygens (including phenoxy) is 1. The van der Waals surface area contributed by atoms with Crippen LogP contribution in [0.5, 0.6) is 0 Å². The molecule has 1 rings (SSSR count). The maximum Gasteiger partial charge on any atom is 0.141 e. The molecule has 0 amide bonds. The Bertz CT molecular complexity index is 351. The van der Waals surface area contributed by atoms with Crippen molar-refractivity contribution in [1.29, 1.82) is 0 Å². The predicted molar refractivity (Wildman–Crippen MR) is 70.9 cm³/mol. The first-order valence-electron chi connectivity index (χ1n) is 6.47.